The predicted molar refractivity (Wildman–Crippen MR) is 125 cm³/mol. The van der Waals surface area contributed by atoms with Crippen molar-refractivity contribution in [1.29, 1.82) is 0 Å². The van der Waals surface area contributed by atoms with Crippen LogP contribution in [0.5, 0.6) is 11.5 Å². The third-order valence-electron chi connectivity index (χ3n) is 4.84. The smallest absolute Gasteiger partial charge is 0.191 e. The van der Waals surface area contributed by atoms with Gasteiger partial charge in [-0.3, -0.25) is 0 Å². The van der Waals surface area contributed by atoms with E-state index in [0.717, 1.165) is 61.8 Å². The predicted octanol–water partition coefficient (Wildman–Crippen LogP) is 3.49. The zero-order valence-corrected chi connectivity index (χ0v) is 19.9. The summed E-state index contributed by atoms with van der Waals surface area (Å²) in [5.41, 5.74) is 2.21. The zero-order valence-electron chi connectivity index (χ0n) is 17.6. The minimum Gasteiger partial charge on any atom is -0.496 e. The summed E-state index contributed by atoms with van der Waals surface area (Å²) in [6, 6.07) is 4.12. The molecule has 1 heterocycles. The second-order valence-electron chi connectivity index (χ2n) is 7.15. The van der Waals surface area contributed by atoms with Crippen molar-refractivity contribution in [1.82, 2.24) is 10.6 Å². The highest BCUT2D eigenvalue weighted by molar-refractivity contribution is 14.0. The lowest BCUT2D eigenvalue weighted by Crippen LogP contribution is -2.40. The van der Waals surface area contributed by atoms with E-state index in [-0.39, 0.29) is 36.7 Å². The summed E-state index contributed by atoms with van der Waals surface area (Å²) in [7, 11) is 1.70. The highest BCUT2D eigenvalue weighted by Gasteiger charge is 2.21. The van der Waals surface area contributed by atoms with Crippen molar-refractivity contribution >= 4 is 29.9 Å². The van der Waals surface area contributed by atoms with Crippen LogP contribution in [0.25, 0.3) is 0 Å². The number of ether oxygens (including phenoxy) is 2. The number of nitrogens with zero attached hydrogens (tertiary/aromatic N) is 1. The van der Waals surface area contributed by atoms with E-state index in [1.165, 1.54) is 5.56 Å². The molecule has 0 aliphatic carbocycles. The Hall–Kier alpha value is -1.22. The number of rotatable bonds is 10. The number of methoxy groups -OCH3 is 1. The summed E-state index contributed by atoms with van der Waals surface area (Å²) in [5, 5.41) is 15.9. The van der Waals surface area contributed by atoms with Gasteiger partial charge in [-0.05, 0) is 44.7 Å². The molecule has 1 aliphatic rings. The number of aliphatic hydroxyl groups excluding tert-OH is 1. The van der Waals surface area contributed by atoms with Gasteiger partial charge in [-0.15, -0.1) is 24.0 Å². The third-order valence-corrected chi connectivity index (χ3v) is 4.84. The van der Waals surface area contributed by atoms with Crippen LogP contribution in [0.15, 0.2) is 17.1 Å². The largest absolute Gasteiger partial charge is 0.496 e. The Morgan fingerprint density at radius 2 is 2.11 bits per heavy atom. The highest BCUT2D eigenvalue weighted by atomic mass is 127. The molecule has 0 aromatic heterocycles. The number of benzene rings is 1. The standard InChI is InChI=1S/C21H35N3O3.HI/c1-5-7-16(8-9-25)13-23-21(22-6-2)24-14-18-12-20-17(10-15(3)27-20)11-19(18)26-4;/h11-12,15-16,25H,5-10,13-14H2,1-4H3,(H2,22,23,24);1H. The number of aliphatic imine (C=N–C) groups is 1. The minimum absolute atomic E-state index is 0. The first-order valence-corrected chi connectivity index (χ1v) is 10.1. The molecule has 28 heavy (non-hydrogen) atoms. The number of hydrogen-bond acceptors (Lipinski definition) is 4. The van der Waals surface area contributed by atoms with Crippen molar-refractivity contribution in [3.63, 3.8) is 0 Å². The molecule has 0 saturated heterocycles. The van der Waals surface area contributed by atoms with E-state index in [1.54, 1.807) is 7.11 Å². The lowest BCUT2D eigenvalue weighted by atomic mass is 10.0. The number of guanidine groups is 1. The fourth-order valence-corrected chi connectivity index (χ4v) is 3.48. The molecule has 3 N–H and O–H groups in total. The van der Waals surface area contributed by atoms with Gasteiger partial charge in [-0.25, -0.2) is 4.99 Å². The zero-order chi connectivity index (χ0) is 19.6. The van der Waals surface area contributed by atoms with Gasteiger partial charge in [0.15, 0.2) is 5.96 Å². The van der Waals surface area contributed by atoms with Crippen LogP contribution in [-0.2, 0) is 13.0 Å². The SMILES string of the molecule is CCCC(CCO)CNC(=NCc1cc2c(cc1OC)CC(C)O2)NCC.I. The van der Waals surface area contributed by atoms with Gasteiger partial charge in [0.2, 0.25) is 0 Å². The maximum Gasteiger partial charge on any atom is 0.191 e. The van der Waals surface area contributed by atoms with Gasteiger partial charge < -0.3 is 25.2 Å². The summed E-state index contributed by atoms with van der Waals surface area (Å²) >= 11 is 0. The summed E-state index contributed by atoms with van der Waals surface area (Å²) in [6.07, 6.45) is 4.16. The van der Waals surface area contributed by atoms with Crippen LogP contribution in [0, 0.1) is 5.92 Å². The Kier molecular flexibility index (Phi) is 11.6. The van der Waals surface area contributed by atoms with Crippen molar-refractivity contribution in [3.8, 4) is 11.5 Å². The first-order chi connectivity index (χ1) is 13.1. The monoisotopic (exact) mass is 505 g/mol. The molecule has 0 amide bonds. The Balaban J connectivity index is 0.00000392. The van der Waals surface area contributed by atoms with E-state index in [4.69, 9.17) is 14.5 Å². The van der Waals surface area contributed by atoms with Crippen LogP contribution in [0.3, 0.4) is 0 Å². The average molecular weight is 505 g/mol. The number of aliphatic hydroxyl groups is 1. The van der Waals surface area contributed by atoms with Gasteiger partial charge in [-0.1, -0.05) is 13.3 Å². The fourth-order valence-electron chi connectivity index (χ4n) is 3.48. The van der Waals surface area contributed by atoms with Crippen LogP contribution >= 0.6 is 24.0 Å². The fraction of sp³-hybridized carbons (Fsp3) is 0.667. The lowest BCUT2D eigenvalue weighted by molar-refractivity contribution is 0.251. The van der Waals surface area contributed by atoms with Crippen molar-refractivity contribution in [2.24, 2.45) is 10.9 Å². The maximum absolute atomic E-state index is 9.24. The van der Waals surface area contributed by atoms with Gasteiger partial charge in [0.05, 0.1) is 13.7 Å². The van der Waals surface area contributed by atoms with Crippen molar-refractivity contribution in [2.75, 3.05) is 26.8 Å². The Morgan fingerprint density at radius 1 is 1.32 bits per heavy atom. The number of halogens is 1. The molecule has 0 fully saturated rings. The molecule has 0 radical (unpaired) electrons. The van der Waals surface area contributed by atoms with Crippen LogP contribution in [-0.4, -0.2) is 44.0 Å². The molecule has 1 aliphatic heterocycles. The van der Waals surface area contributed by atoms with E-state index < -0.39 is 0 Å². The molecule has 2 atom stereocenters. The van der Waals surface area contributed by atoms with Gasteiger partial charge in [0, 0.05) is 37.2 Å². The van der Waals surface area contributed by atoms with Gasteiger partial charge in [0.1, 0.15) is 17.6 Å². The quantitative estimate of drug-likeness (QED) is 0.258. The number of nitrogens with one attached hydrogen (secondary N) is 2. The van der Waals surface area contributed by atoms with E-state index in [1.807, 2.05) is 0 Å². The molecule has 0 bridgehead atoms. The van der Waals surface area contributed by atoms with Crippen LogP contribution < -0.4 is 20.1 Å². The van der Waals surface area contributed by atoms with E-state index in [9.17, 15) is 5.11 Å². The molecular weight excluding hydrogens is 469 g/mol. The number of hydrogen-bond donors (Lipinski definition) is 3. The van der Waals surface area contributed by atoms with Crippen molar-refractivity contribution in [3.05, 3.63) is 23.3 Å². The average Bonchev–Trinajstić information content (AvgIpc) is 3.02. The summed E-state index contributed by atoms with van der Waals surface area (Å²) in [6.45, 7) is 8.66. The first-order valence-electron chi connectivity index (χ1n) is 10.1. The van der Waals surface area contributed by atoms with Crippen LogP contribution in [0.1, 0.15) is 51.2 Å². The molecule has 6 nitrogen and oxygen atoms in total. The molecular formula is C21H36IN3O3. The second-order valence-corrected chi connectivity index (χ2v) is 7.15. The van der Waals surface area contributed by atoms with Crippen molar-refractivity contribution in [2.45, 2.75) is 59.1 Å². The molecule has 1 aromatic carbocycles. The molecule has 0 spiro atoms. The number of fused-ring (bicyclic) bond motifs is 1. The lowest BCUT2D eigenvalue weighted by Gasteiger charge is -2.18. The molecule has 1 aromatic rings. The van der Waals surface area contributed by atoms with Crippen LogP contribution in [0.4, 0.5) is 0 Å². The Bertz CT molecular complexity index is 619. The maximum atomic E-state index is 9.24. The molecule has 2 unspecified atom stereocenters. The topological polar surface area (TPSA) is 75.1 Å². The molecule has 0 saturated carbocycles. The van der Waals surface area contributed by atoms with Gasteiger partial charge in [-0.2, -0.15) is 0 Å². The molecule has 2 rings (SSSR count). The van der Waals surface area contributed by atoms with E-state index >= 15 is 0 Å². The Labute approximate surface area is 186 Å². The third kappa shape index (κ3) is 7.31. The molecule has 160 valence electrons. The Morgan fingerprint density at radius 3 is 2.75 bits per heavy atom. The second kappa shape index (κ2) is 13.1. The normalized spacial score (nSPS) is 16.6. The van der Waals surface area contributed by atoms with Crippen LogP contribution in [0.2, 0.25) is 0 Å². The summed E-state index contributed by atoms with van der Waals surface area (Å²) < 4.78 is 11.4. The summed E-state index contributed by atoms with van der Waals surface area (Å²) in [4.78, 5) is 4.73. The minimum atomic E-state index is 0. The van der Waals surface area contributed by atoms with Gasteiger partial charge in [0.25, 0.3) is 0 Å². The van der Waals surface area contributed by atoms with Crippen molar-refractivity contribution < 1.29 is 14.6 Å². The first kappa shape index (κ1) is 24.8. The summed E-state index contributed by atoms with van der Waals surface area (Å²) in [5.74, 6) is 3.04. The van der Waals surface area contributed by atoms with Gasteiger partial charge >= 0.3 is 0 Å². The molecule has 7 heteroatoms. The van der Waals surface area contributed by atoms with E-state index in [0.29, 0.717) is 12.5 Å². The van der Waals surface area contributed by atoms with E-state index in [2.05, 4.69) is 43.5 Å². The highest BCUT2D eigenvalue weighted by Crippen LogP contribution is 2.35.